The van der Waals surface area contributed by atoms with Gasteiger partial charge in [0.2, 0.25) is 5.88 Å². The first kappa shape index (κ1) is 18.0. The summed E-state index contributed by atoms with van der Waals surface area (Å²) in [5.41, 5.74) is 0.210. The highest BCUT2D eigenvalue weighted by atomic mass is 19.4. The monoisotopic (exact) mass is 365 g/mol. The summed E-state index contributed by atoms with van der Waals surface area (Å²) in [6.45, 7) is 1.73. The van der Waals surface area contributed by atoms with Gasteiger partial charge < -0.3 is 14.5 Å². The fourth-order valence-electron chi connectivity index (χ4n) is 2.93. The number of anilines is 1. The van der Waals surface area contributed by atoms with Crippen molar-refractivity contribution in [2.75, 3.05) is 38.2 Å². The van der Waals surface area contributed by atoms with Crippen LogP contribution >= 0.6 is 0 Å². The molecule has 0 aliphatic carbocycles. The maximum atomic E-state index is 12.9. The number of benzene rings is 1. The molecule has 26 heavy (non-hydrogen) atoms. The predicted molar refractivity (Wildman–Crippen MR) is 90.3 cm³/mol. The zero-order valence-electron chi connectivity index (χ0n) is 14.2. The van der Waals surface area contributed by atoms with Gasteiger partial charge in [0.25, 0.3) is 5.91 Å². The topological polar surface area (TPSA) is 45.7 Å². The Morgan fingerprint density at radius 2 is 1.85 bits per heavy atom. The summed E-state index contributed by atoms with van der Waals surface area (Å²) in [5, 5.41) is 0. The Kier molecular flexibility index (Phi) is 5.01. The molecule has 0 unspecified atom stereocenters. The smallest absolute Gasteiger partial charge is 0.416 e. The summed E-state index contributed by atoms with van der Waals surface area (Å²) in [5.74, 6) is 0.0662. The molecule has 1 amide bonds. The number of hydrogen-bond donors (Lipinski definition) is 0. The normalized spacial score (nSPS) is 15.1. The summed E-state index contributed by atoms with van der Waals surface area (Å²) in [7, 11) is 1.45. The van der Waals surface area contributed by atoms with Crippen molar-refractivity contribution in [3.05, 3.63) is 53.7 Å². The van der Waals surface area contributed by atoms with E-state index in [-0.39, 0.29) is 11.8 Å². The Labute approximate surface area is 149 Å². The number of piperazine rings is 1. The van der Waals surface area contributed by atoms with E-state index in [1.807, 2.05) is 4.90 Å². The largest absolute Gasteiger partial charge is 0.480 e. The van der Waals surface area contributed by atoms with E-state index >= 15 is 0 Å². The molecule has 0 N–H and O–H groups in total. The minimum Gasteiger partial charge on any atom is -0.480 e. The van der Waals surface area contributed by atoms with E-state index in [0.717, 1.165) is 12.1 Å². The van der Waals surface area contributed by atoms with Gasteiger partial charge in [0.1, 0.15) is 5.56 Å². The van der Waals surface area contributed by atoms with Crippen LogP contribution in [-0.2, 0) is 6.18 Å². The number of alkyl halides is 3. The maximum Gasteiger partial charge on any atom is 0.416 e. The number of aromatic nitrogens is 1. The molecule has 2 aromatic rings. The van der Waals surface area contributed by atoms with Gasteiger partial charge in [0.05, 0.1) is 12.7 Å². The van der Waals surface area contributed by atoms with Gasteiger partial charge in [-0.15, -0.1) is 0 Å². The van der Waals surface area contributed by atoms with Crippen molar-refractivity contribution in [3.63, 3.8) is 0 Å². The Hall–Kier alpha value is -2.77. The standard InChI is InChI=1S/C18H18F3N3O2/c1-26-16-15(6-3-7-22-16)17(25)24-10-8-23(9-11-24)14-5-2-4-13(12-14)18(19,20)21/h2-7,12H,8-11H2,1H3. The minimum absolute atomic E-state index is 0.196. The molecule has 2 heterocycles. The van der Waals surface area contributed by atoms with E-state index in [1.54, 1.807) is 29.3 Å². The second-order valence-electron chi connectivity index (χ2n) is 5.89. The van der Waals surface area contributed by atoms with E-state index < -0.39 is 11.7 Å². The average molecular weight is 365 g/mol. The molecule has 0 saturated carbocycles. The molecule has 1 aliphatic heterocycles. The lowest BCUT2D eigenvalue weighted by Gasteiger charge is -2.36. The minimum atomic E-state index is -4.37. The van der Waals surface area contributed by atoms with E-state index in [2.05, 4.69) is 4.98 Å². The molecule has 3 rings (SSSR count). The molecule has 1 fully saturated rings. The van der Waals surface area contributed by atoms with E-state index in [9.17, 15) is 18.0 Å². The first-order valence-corrected chi connectivity index (χ1v) is 8.10. The van der Waals surface area contributed by atoms with Crippen molar-refractivity contribution in [1.29, 1.82) is 0 Å². The molecule has 0 radical (unpaired) electrons. The number of hydrogen-bond acceptors (Lipinski definition) is 4. The van der Waals surface area contributed by atoms with Crippen molar-refractivity contribution in [3.8, 4) is 5.88 Å². The zero-order valence-corrected chi connectivity index (χ0v) is 14.2. The summed E-state index contributed by atoms with van der Waals surface area (Å²) in [4.78, 5) is 20.2. The number of halogens is 3. The number of amides is 1. The number of ether oxygens (including phenoxy) is 1. The van der Waals surface area contributed by atoms with E-state index in [0.29, 0.717) is 37.4 Å². The van der Waals surface area contributed by atoms with E-state index in [4.69, 9.17) is 4.74 Å². The van der Waals surface area contributed by atoms with Crippen LogP contribution in [-0.4, -0.2) is 49.1 Å². The van der Waals surface area contributed by atoms with Gasteiger partial charge in [-0.25, -0.2) is 4.98 Å². The summed E-state index contributed by atoms with van der Waals surface area (Å²) in [6.07, 6.45) is -2.83. The van der Waals surface area contributed by atoms with Crippen LogP contribution in [0, 0.1) is 0 Å². The average Bonchev–Trinajstić information content (AvgIpc) is 2.67. The van der Waals surface area contributed by atoms with Crippen LogP contribution in [0.5, 0.6) is 5.88 Å². The van der Waals surface area contributed by atoms with Gasteiger partial charge in [-0.2, -0.15) is 13.2 Å². The van der Waals surface area contributed by atoms with Crippen molar-refractivity contribution < 1.29 is 22.7 Å². The number of pyridine rings is 1. The second-order valence-corrected chi connectivity index (χ2v) is 5.89. The van der Waals surface area contributed by atoms with Crippen molar-refractivity contribution in [2.24, 2.45) is 0 Å². The lowest BCUT2D eigenvalue weighted by molar-refractivity contribution is -0.137. The number of carbonyl (C=O) groups excluding carboxylic acids is 1. The maximum absolute atomic E-state index is 12.9. The SMILES string of the molecule is COc1ncccc1C(=O)N1CCN(c2cccc(C(F)(F)F)c2)CC1. The summed E-state index contributed by atoms with van der Waals surface area (Å²) in [6, 6.07) is 8.55. The Balaban J connectivity index is 1.69. The third-order valence-electron chi connectivity index (χ3n) is 4.30. The van der Waals surface area contributed by atoms with Gasteiger partial charge >= 0.3 is 6.18 Å². The molecule has 5 nitrogen and oxygen atoms in total. The number of carbonyl (C=O) groups is 1. The molecule has 1 aromatic heterocycles. The summed E-state index contributed by atoms with van der Waals surface area (Å²) >= 11 is 0. The molecule has 0 bridgehead atoms. The Bertz CT molecular complexity index is 787. The lowest BCUT2D eigenvalue weighted by Crippen LogP contribution is -2.48. The quantitative estimate of drug-likeness (QED) is 0.839. The highest BCUT2D eigenvalue weighted by Crippen LogP contribution is 2.32. The van der Waals surface area contributed by atoms with E-state index in [1.165, 1.54) is 13.2 Å². The Morgan fingerprint density at radius 1 is 1.12 bits per heavy atom. The number of methoxy groups -OCH3 is 1. The van der Waals surface area contributed by atoms with Crippen LogP contribution in [0.3, 0.4) is 0 Å². The highest BCUT2D eigenvalue weighted by molar-refractivity contribution is 5.96. The predicted octanol–water partition coefficient (Wildman–Crippen LogP) is 3.07. The van der Waals surface area contributed by atoms with Crippen LogP contribution in [0.25, 0.3) is 0 Å². The van der Waals surface area contributed by atoms with Crippen LogP contribution in [0.15, 0.2) is 42.6 Å². The molecule has 0 atom stereocenters. The summed E-state index contributed by atoms with van der Waals surface area (Å²) < 4.78 is 43.7. The molecule has 8 heteroatoms. The third kappa shape index (κ3) is 3.74. The molecular formula is C18H18F3N3O2. The van der Waals surface area contributed by atoms with Gasteiger partial charge in [-0.3, -0.25) is 4.79 Å². The first-order valence-electron chi connectivity index (χ1n) is 8.10. The van der Waals surface area contributed by atoms with Gasteiger partial charge in [-0.05, 0) is 30.3 Å². The molecule has 1 aromatic carbocycles. The van der Waals surface area contributed by atoms with Crippen LogP contribution in [0.2, 0.25) is 0 Å². The molecule has 1 saturated heterocycles. The highest BCUT2D eigenvalue weighted by Gasteiger charge is 2.31. The third-order valence-corrected chi connectivity index (χ3v) is 4.30. The van der Waals surface area contributed by atoms with Gasteiger partial charge in [0, 0.05) is 38.1 Å². The lowest BCUT2D eigenvalue weighted by atomic mass is 10.1. The van der Waals surface area contributed by atoms with Crippen LogP contribution in [0.4, 0.5) is 18.9 Å². The first-order chi connectivity index (χ1) is 12.4. The van der Waals surface area contributed by atoms with Crippen LogP contribution in [0.1, 0.15) is 15.9 Å². The molecule has 138 valence electrons. The second kappa shape index (κ2) is 7.23. The van der Waals surface area contributed by atoms with Gasteiger partial charge in [-0.1, -0.05) is 6.07 Å². The zero-order chi connectivity index (χ0) is 18.7. The van der Waals surface area contributed by atoms with Gasteiger partial charge in [0.15, 0.2) is 0 Å². The molecular weight excluding hydrogens is 347 g/mol. The number of rotatable bonds is 3. The van der Waals surface area contributed by atoms with Crippen molar-refractivity contribution in [1.82, 2.24) is 9.88 Å². The number of nitrogens with zero attached hydrogens (tertiary/aromatic N) is 3. The van der Waals surface area contributed by atoms with Crippen molar-refractivity contribution in [2.45, 2.75) is 6.18 Å². The molecule has 1 aliphatic rings. The molecule has 0 spiro atoms. The van der Waals surface area contributed by atoms with Crippen molar-refractivity contribution >= 4 is 11.6 Å². The fourth-order valence-corrected chi connectivity index (χ4v) is 2.93. The van der Waals surface area contributed by atoms with Crippen LogP contribution < -0.4 is 9.64 Å². The fraction of sp³-hybridized carbons (Fsp3) is 0.333. The Morgan fingerprint density at radius 3 is 2.50 bits per heavy atom.